The zero-order chi connectivity index (χ0) is 24.8. The second-order valence-corrected chi connectivity index (χ2v) is 9.78. The number of carbonyl (C=O) groups excluding carboxylic acids is 3. The van der Waals surface area contributed by atoms with Crippen LogP contribution in [0.15, 0.2) is 18.2 Å². The average molecular weight is 469 g/mol. The fourth-order valence-electron chi connectivity index (χ4n) is 4.93. The van der Waals surface area contributed by atoms with Gasteiger partial charge in [0.1, 0.15) is 0 Å². The number of hydrogen-bond donors (Lipinski definition) is 2. The Hall–Kier alpha value is -3.60. The van der Waals surface area contributed by atoms with E-state index < -0.39 is 11.8 Å². The maximum Gasteiger partial charge on any atom is 0.324 e. The molecule has 0 unspecified atom stereocenters. The standard InChI is InChI=1S/C23H28N6O5/c1-22(2)10-13(11-23(3,4)28-22)29-17(31)14-8-7-12(9-15(14)18(29)32)16(30)24-19-25-20(33-5)27-21(26-19)34-6/h7-9,13,28H,10-11H2,1-6H3,(H,24,25,26,27,30). The van der Waals surface area contributed by atoms with E-state index in [-0.39, 0.29) is 52.1 Å². The number of hydrogen-bond acceptors (Lipinski definition) is 9. The summed E-state index contributed by atoms with van der Waals surface area (Å²) >= 11 is 0. The van der Waals surface area contributed by atoms with Gasteiger partial charge in [-0.1, -0.05) is 0 Å². The van der Waals surface area contributed by atoms with Crippen molar-refractivity contribution in [1.29, 1.82) is 0 Å². The van der Waals surface area contributed by atoms with Gasteiger partial charge < -0.3 is 14.8 Å². The molecule has 1 aromatic heterocycles. The number of piperidine rings is 1. The van der Waals surface area contributed by atoms with E-state index in [0.29, 0.717) is 18.4 Å². The van der Waals surface area contributed by atoms with Crippen molar-refractivity contribution in [2.24, 2.45) is 0 Å². The zero-order valence-corrected chi connectivity index (χ0v) is 20.1. The molecule has 1 aromatic carbocycles. The quantitative estimate of drug-likeness (QED) is 0.632. The van der Waals surface area contributed by atoms with Crippen LogP contribution in [0.1, 0.15) is 71.6 Å². The van der Waals surface area contributed by atoms with Crippen LogP contribution in [-0.4, -0.2) is 68.9 Å². The van der Waals surface area contributed by atoms with E-state index in [1.54, 1.807) is 0 Å². The van der Waals surface area contributed by atoms with Crippen LogP contribution in [0.2, 0.25) is 0 Å². The third kappa shape index (κ3) is 4.43. The third-order valence-corrected chi connectivity index (χ3v) is 5.90. The summed E-state index contributed by atoms with van der Waals surface area (Å²) in [6, 6.07) is 4.13. The summed E-state index contributed by atoms with van der Waals surface area (Å²) in [5.41, 5.74) is 0.210. The highest BCUT2D eigenvalue weighted by atomic mass is 16.5. The molecule has 0 saturated carbocycles. The van der Waals surface area contributed by atoms with Crippen molar-refractivity contribution in [3.8, 4) is 12.0 Å². The highest BCUT2D eigenvalue weighted by Gasteiger charge is 2.47. The maximum atomic E-state index is 13.3. The van der Waals surface area contributed by atoms with Crippen LogP contribution in [-0.2, 0) is 0 Å². The highest BCUT2D eigenvalue weighted by Crippen LogP contribution is 2.36. The lowest BCUT2D eigenvalue weighted by Gasteiger charge is -2.48. The first-order chi connectivity index (χ1) is 15.9. The molecule has 0 aliphatic carbocycles. The molecule has 0 radical (unpaired) electrons. The van der Waals surface area contributed by atoms with Gasteiger partial charge in [-0.05, 0) is 58.7 Å². The average Bonchev–Trinajstić information content (AvgIpc) is 3.00. The number of nitrogens with zero attached hydrogens (tertiary/aromatic N) is 4. The van der Waals surface area contributed by atoms with Crippen LogP contribution in [0.3, 0.4) is 0 Å². The zero-order valence-electron chi connectivity index (χ0n) is 20.1. The Bertz CT molecular complexity index is 1140. The molecule has 4 rings (SSSR count). The molecular formula is C23H28N6O5. The van der Waals surface area contributed by atoms with Crippen LogP contribution in [0.25, 0.3) is 0 Å². The van der Waals surface area contributed by atoms with E-state index in [2.05, 4.69) is 53.3 Å². The molecule has 1 saturated heterocycles. The molecule has 11 heteroatoms. The Morgan fingerprint density at radius 1 is 0.971 bits per heavy atom. The summed E-state index contributed by atoms with van der Waals surface area (Å²) in [5.74, 6) is -1.35. The topological polar surface area (TPSA) is 136 Å². The summed E-state index contributed by atoms with van der Waals surface area (Å²) in [7, 11) is 2.75. The number of ether oxygens (including phenoxy) is 2. The second-order valence-electron chi connectivity index (χ2n) is 9.78. The Morgan fingerprint density at radius 2 is 1.53 bits per heavy atom. The predicted octanol–water partition coefficient (Wildman–Crippen LogP) is 2.05. The van der Waals surface area contributed by atoms with Crippen LogP contribution in [0.4, 0.5) is 5.95 Å². The lowest BCUT2D eigenvalue weighted by molar-refractivity contribution is 0.0412. The normalized spacial score (nSPS) is 19.1. The van der Waals surface area contributed by atoms with Crippen molar-refractivity contribution in [3.05, 3.63) is 34.9 Å². The molecule has 0 spiro atoms. The third-order valence-electron chi connectivity index (χ3n) is 5.90. The van der Waals surface area contributed by atoms with Crippen LogP contribution in [0, 0.1) is 0 Å². The molecule has 2 N–H and O–H groups in total. The Morgan fingerprint density at radius 3 is 2.09 bits per heavy atom. The molecule has 2 aliphatic rings. The molecule has 3 amide bonds. The molecule has 34 heavy (non-hydrogen) atoms. The number of rotatable bonds is 5. The number of amides is 3. The highest BCUT2D eigenvalue weighted by molar-refractivity contribution is 6.22. The van der Waals surface area contributed by atoms with Gasteiger partial charge >= 0.3 is 12.0 Å². The number of aromatic nitrogens is 3. The summed E-state index contributed by atoms with van der Waals surface area (Å²) < 4.78 is 9.97. The summed E-state index contributed by atoms with van der Waals surface area (Å²) in [6.45, 7) is 8.25. The van der Waals surface area contributed by atoms with Gasteiger partial charge in [0.05, 0.1) is 25.3 Å². The van der Waals surface area contributed by atoms with Crippen molar-refractivity contribution >= 4 is 23.7 Å². The minimum Gasteiger partial charge on any atom is -0.467 e. The van der Waals surface area contributed by atoms with Crippen LogP contribution < -0.4 is 20.1 Å². The van der Waals surface area contributed by atoms with Gasteiger partial charge in [-0.15, -0.1) is 4.98 Å². The fourth-order valence-corrected chi connectivity index (χ4v) is 4.93. The number of methoxy groups -OCH3 is 2. The van der Waals surface area contributed by atoms with E-state index in [0.717, 1.165) is 0 Å². The van der Waals surface area contributed by atoms with E-state index in [1.807, 2.05) is 0 Å². The van der Waals surface area contributed by atoms with Gasteiger partial charge in [-0.3, -0.25) is 24.6 Å². The SMILES string of the molecule is COc1nc(NC(=O)c2ccc3c(c2)C(=O)N(C2CC(C)(C)NC(C)(C)C2)C3=O)nc(OC)n1. The van der Waals surface area contributed by atoms with Gasteiger partial charge in [0, 0.05) is 22.7 Å². The Balaban J connectivity index is 1.59. The lowest BCUT2D eigenvalue weighted by Crippen LogP contribution is -2.62. The van der Waals surface area contributed by atoms with Gasteiger partial charge in [-0.25, -0.2) is 0 Å². The minimum atomic E-state index is -0.555. The van der Waals surface area contributed by atoms with Crippen molar-refractivity contribution in [2.45, 2.75) is 57.7 Å². The second kappa shape index (κ2) is 8.32. The van der Waals surface area contributed by atoms with Gasteiger partial charge in [0.2, 0.25) is 5.95 Å². The van der Waals surface area contributed by atoms with Crippen LogP contribution >= 0.6 is 0 Å². The van der Waals surface area contributed by atoms with E-state index in [4.69, 9.17) is 9.47 Å². The first-order valence-electron chi connectivity index (χ1n) is 10.9. The van der Waals surface area contributed by atoms with Crippen LogP contribution in [0.5, 0.6) is 12.0 Å². The molecular weight excluding hydrogens is 440 g/mol. The largest absolute Gasteiger partial charge is 0.467 e. The predicted molar refractivity (Wildman–Crippen MR) is 122 cm³/mol. The number of nitrogens with one attached hydrogen (secondary N) is 2. The van der Waals surface area contributed by atoms with Gasteiger partial charge in [-0.2, -0.15) is 9.97 Å². The van der Waals surface area contributed by atoms with Crippen molar-refractivity contribution in [1.82, 2.24) is 25.2 Å². The summed E-state index contributed by atoms with van der Waals surface area (Å²) in [4.78, 5) is 52.5. The molecule has 3 heterocycles. The first kappa shape index (κ1) is 23.6. The fraction of sp³-hybridized carbons (Fsp3) is 0.478. The molecule has 0 bridgehead atoms. The monoisotopic (exact) mass is 468 g/mol. The number of imide groups is 1. The molecule has 1 fully saturated rings. The molecule has 11 nitrogen and oxygen atoms in total. The van der Waals surface area contributed by atoms with Gasteiger partial charge in [0.15, 0.2) is 0 Å². The number of benzene rings is 1. The molecule has 180 valence electrons. The Labute approximate surface area is 197 Å². The molecule has 0 atom stereocenters. The minimum absolute atomic E-state index is 0.0275. The smallest absolute Gasteiger partial charge is 0.324 e. The first-order valence-corrected chi connectivity index (χ1v) is 10.9. The molecule has 2 aromatic rings. The number of anilines is 1. The van der Waals surface area contributed by atoms with Crippen molar-refractivity contribution < 1.29 is 23.9 Å². The summed E-state index contributed by atoms with van der Waals surface area (Å²) in [6.07, 6.45) is 1.27. The molecule has 2 aliphatic heterocycles. The lowest BCUT2D eigenvalue weighted by atomic mass is 9.79. The van der Waals surface area contributed by atoms with E-state index in [9.17, 15) is 14.4 Å². The number of carbonyl (C=O) groups is 3. The van der Waals surface area contributed by atoms with E-state index in [1.165, 1.54) is 37.3 Å². The van der Waals surface area contributed by atoms with Crippen molar-refractivity contribution in [2.75, 3.05) is 19.5 Å². The number of fused-ring (bicyclic) bond motifs is 1. The Kier molecular flexibility index (Phi) is 5.76. The maximum absolute atomic E-state index is 13.3. The summed E-state index contributed by atoms with van der Waals surface area (Å²) in [5, 5.41) is 6.11. The van der Waals surface area contributed by atoms with E-state index >= 15 is 0 Å². The van der Waals surface area contributed by atoms with Crippen molar-refractivity contribution in [3.63, 3.8) is 0 Å². The van der Waals surface area contributed by atoms with Gasteiger partial charge in [0.25, 0.3) is 17.7 Å².